The number of nitrogens with zero attached hydrogens (tertiary/aromatic N) is 3. The lowest BCUT2D eigenvalue weighted by atomic mass is 9.88. The van der Waals surface area contributed by atoms with Gasteiger partial charge in [0.05, 0.1) is 27.4 Å². The quantitative estimate of drug-likeness (QED) is 0.0282. The third kappa shape index (κ3) is 19.4. The SMILES string of the molecule is CCCCCCCCCCC(CCCCCCCC)Cc1cc(-c2c(F)c(F)c(-c3cc(CC(CCCCCCCC)CCCCCCCCCC)c(-c4cc(F)c(-c5sc(C)cc5F)s4)s3)c3nn(CCC)nc23)sc1C. The number of unbranched alkanes of at least 4 members (excludes halogenated alkanes) is 24. The fraction of sp³-hybridized carbons (Fsp3) is 0.672. The Hall–Kier alpha value is -2.86. The van der Waals surface area contributed by atoms with Gasteiger partial charge in [0.2, 0.25) is 0 Å². The highest BCUT2D eigenvalue weighted by Gasteiger charge is 2.31. The van der Waals surface area contributed by atoms with Gasteiger partial charge in [0.25, 0.3) is 0 Å². The number of fused-ring (bicyclic) bond motifs is 1. The van der Waals surface area contributed by atoms with Crippen molar-refractivity contribution in [2.24, 2.45) is 11.8 Å². The second kappa shape index (κ2) is 35.2. The van der Waals surface area contributed by atoms with E-state index in [0.29, 0.717) is 48.9 Å². The van der Waals surface area contributed by atoms with Gasteiger partial charge in [-0.05, 0) is 80.3 Å². The average molecular weight is 1150 g/mol. The topological polar surface area (TPSA) is 30.7 Å². The summed E-state index contributed by atoms with van der Waals surface area (Å²) in [6, 6.07) is 7.19. The van der Waals surface area contributed by atoms with E-state index in [1.54, 1.807) is 16.1 Å². The van der Waals surface area contributed by atoms with Crippen molar-refractivity contribution in [3.05, 3.63) is 68.4 Å². The van der Waals surface area contributed by atoms with Crippen LogP contribution in [0.1, 0.15) is 267 Å². The summed E-state index contributed by atoms with van der Waals surface area (Å²) in [6.07, 6.45) is 42.6. The number of halogens is 4. The van der Waals surface area contributed by atoms with Crippen LogP contribution in [0.2, 0.25) is 0 Å². The fourth-order valence-electron chi connectivity index (χ4n) is 11.8. The predicted molar refractivity (Wildman–Crippen MR) is 335 cm³/mol. The molecule has 5 heterocycles. The minimum Gasteiger partial charge on any atom is -0.205 e. The molecule has 5 aromatic heterocycles. The summed E-state index contributed by atoms with van der Waals surface area (Å²) in [7, 11) is 0. The minimum atomic E-state index is -0.916. The molecule has 2 atom stereocenters. The highest BCUT2D eigenvalue weighted by Crippen LogP contribution is 2.50. The number of benzene rings is 1. The highest BCUT2D eigenvalue weighted by molar-refractivity contribution is 7.27. The maximum atomic E-state index is 17.7. The van der Waals surface area contributed by atoms with Crippen molar-refractivity contribution in [3.63, 3.8) is 0 Å². The third-order valence-corrected chi connectivity index (χ3v) is 21.1. The molecule has 0 N–H and O–H groups in total. The number of hydrogen-bond donors (Lipinski definition) is 0. The first-order valence-corrected chi connectivity index (χ1v) is 34.8. The molecule has 0 aliphatic rings. The molecule has 0 saturated heterocycles. The number of thiophene rings is 4. The maximum absolute atomic E-state index is 17.7. The van der Waals surface area contributed by atoms with Crippen molar-refractivity contribution < 1.29 is 17.6 Å². The number of aryl methyl sites for hydroxylation is 3. The molecule has 11 heteroatoms. The fourth-order valence-corrected chi connectivity index (χ4v) is 16.3. The van der Waals surface area contributed by atoms with Crippen molar-refractivity contribution in [1.29, 1.82) is 0 Å². The summed E-state index contributed by atoms with van der Waals surface area (Å²) >= 11 is 5.45. The Morgan fingerprint density at radius 2 is 0.769 bits per heavy atom. The first-order valence-electron chi connectivity index (χ1n) is 31.6. The van der Waals surface area contributed by atoms with E-state index in [1.807, 2.05) is 6.92 Å². The second-order valence-electron chi connectivity index (χ2n) is 23.1. The van der Waals surface area contributed by atoms with Crippen molar-refractivity contribution >= 4 is 56.4 Å². The largest absolute Gasteiger partial charge is 0.205 e. The van der Waals surface area contributed by atoms with Gasteiger partial charge in [0, 0.05) is 29.3 Å². The van der Waals surface area contributed by atoms with E-state index < -0.39 is 23.3 Å². The van der Waals surface area contributed by atoms with E-state index >= 15 is 17.6 Å². The van der Waals surface area contributed by atoms with Gasteiger partial charge >= 0.3 is 0 Å². The Labute approximate surface area is 486 Å². The molecule has 0 spiro atoms. The van der Waals surface area contributed by atoms with Crippen LogP contribution in [0.25, 0.3) is 51.4 Å². The Balaban J connectivity index is 1.36. The smallest absolute Gasteiger partial charge is 0.170 e. The summed E-state index contributed by atoms with van der Waals surface area (Å²) in [4.78, 5) is 6.94. The standard InChI is InChI=1S/C67H99F4N3S4/c1-8-13-17-21-25-27-31-35-38-50(37-33-29-23-19-15-10-3)43-52-45-56(76-49(52)7)59-61(70)62(71)60(64-63(59)72-74(73-64)41-12-5)57-46-53(65(77-57)58-47-55(69)67(78-58)66-54(68)42-48(6)75-66)44-51(39-34-30-24-20-16-11-4)40-36-32-28-26-22-18-14-9-2/h42,45-47,50-51H,8-41,43-44H2,1-7H3. The van der Waals surface area contributed by atoms with Gasteiger partial charge < -0.3 is 0 Å². The summed E-state index contributed by atoms with van der Waals surface area (Å²) in [5.41, 5.74) is 3.31. The van der Waals surface area contributed by atoms with Crippen molar-refractivity contribution in [2.75, 3.05) is 0 Å². The lowest BCUT2D eigenvalue weighted by Crippen LogP contribution is -2.06. The molecule has 0 amide bonds. The summed E-state index contributed by atoms with van der Waals surface area (Å²) in [6.45, 7) is 15.6. The minimum absolute atomic E-state index is 0.122. The van der Waals surface area contributed by atoms with Crippen LogP contribution in [0.4, 0.5) is 17.6 Å². The van der Waals surface area contributed by atoms with Gasteiger partial charge in [-0.2, -0.15) is 15.0 Å². The molecule has 0 aliphatic heterocycles. The molecule has 0 aliphatic carbocycles. The lowest BCUT2D eigenvalue weighted by molar-refractivity contribution is 0.400. The molecule has 78 heavy (non-hydrogen) atoms. The average Bonchev–Trinajstić information content (AvgIpc) is 4.27. The van der Waals surface area contributed by atoms with E-state index in [9.17, 15) is 0 Å². The van der Waals surface area contributed by atoms with E-state index in [-0.39, 0.29) is 16.0 Å². The molecule has 1 aromatic carbocycles. The Morgan fingerprint density at radius 3 is 1.19 bits per heavy atom. The van der Waals surface area contributed by atoms with Crippen molar-refractivity contribution in [3.8, 4) is 40.4 Å². The van der Waals surface area contributed by atoms with Crippen molar-refractivity contribution in [1.82, 2.24) is 15.0 Å². The van der Waals surface area contributed by atoms with Gasteiger partial charge in [0.15, 0.2) is 11.6 Å². The molecule has 2 unspecified atom stereocenters. The molecule has 0 bridgehead atoms. The van der Waals surface area contributed by atoms with Crippen LogP contribution in [-0.4, -0.2) is 15.0 Å². The molecule has 0 radical (unpaired) electrons. The normalized spacial score (nSPS) is 12.8. The first-order chi connectivity index (χ1) is 38.0. The van der Waals surface area contributed by atoms with E-state index in [4.69, 9.17) is 10.2 Å². The summed E-state index contributed by atoms with van der Waals surface area (Å²) < 4.78 is 66.7. The van der Waals surface area contributed by atoms with Crippen LogP contribution in [0.15, 0.2) is 24.3 Å². The zero-order valence-electron chi connectivity index (χ0n) is 49.4. The van der Waals surface area contributed by atoms with Gasteiger partial charge in [-0.15, -0.1) is 45.3 Å². The zero-order chi connectivity index (χ0) is 55.7. The van der Waals surface area contributed by atoms with E-state index in [1.165, 1.54) is 231 Å². The van der Waals surface area contributed by atoms with Gasteiger partial charge in [-0.1, -0.05) is 240 Å². The van der Waals surface area contributed by atoms with Gasteiger partial charge in [-0.25, -0.2) is 17.6 Å². The molecule has 0 fully saturated rings. The molecule has 3 nitrogen and oxygen atoms in total. The number of aromatic nitrogens is 3. The summed E-state index contributed by atoms with van der Waals surface area (Å²) in [5, 5.41) is 9.95. The predicted octanol–water partition coefficient (Wildman–Crippen LogP) is 24.8. The van der Waals surface area contributed by atoms with Crippen LogP contribution < -0.4 is 0 Å². The van der Waals surface area contributed by atoms with E-state index in [0.717, 1.165) is 65.1 Å². The number of rotatable bonds is 42. The van der Waals surface area contributed by atoms with Crippen LogP contribution in [-0.2, 0) is 19.4 Å². The Bertz CT molecular complexity index is 2630. The van der Waals surface area contributed by atoms with Gasteiger partial charge in [-0.3, -0.25) is 0 Å². The summed E-state index contributed by atoms with van der Waals surface area (Å²) in [5.74, 6) is -1.75. The highest BCUT2D eigenvalue weighted by atomic mass is 32.1. The molecule has 6 aromatic rings. The molecular formula is C67H99F4N3S4. The van der Waals surface area contributed by atoms with Crippen LogP contribution in [0.5, 0.6) is 0 Å². The monoisotopic (exact) mass is 1150 g/mol. The van der Waals surface area contributed by atoms with E-state index in [2.05, 4.69) is 53.7 Å². The zero-order valence-corrected chi connectivity index (χ0v) is 52.7. The van der Waals surface area contributed by atoms with Crippen LogP contribution >= 0.6 is 45.3 Å². The lowest BCUT2D eigenvalue weighted by Gasteiger charge is -2.17. The molecular weight excluding hydrogens is 1050 g/mol. The Kier molecular flexibility index (Phi) is 29.0. The second-order valence-corrected chi connectivity index (χ2v) is 27.7. The van der Waals surface area contributed by atoms with Gasteiger partial charge in [0.1, 0.15) is 22.7 Å². The Morgan fingerprint density at radius 1 is 0.397 bits per heavy atom. The number of hydrogen-bond acceptors (Lipinski definition) is 6. The van der Waals surface area contributed by atoms with Crippen molar-refractivity contribution in [2.45, 2.75) is 280 Å². The van der Waals surface area contributed by atoms with Crippen LogP contribution in [0, 0.1) is 49.0 Å². The van der Waals surface area contributed by atoms with Crippen LogP contribution in [0.3, 0.4) is 0 Å². The maximum Gasteiger partial charge on any atom is 0.170 e. The first kappa shape index (κ1) is 64.3. The molecule has 6 rings (SSSR count). The third-order valence-electron chi connectivity index (χ3n) is 16.3. The molecule has 434 valence electrons. The molecule has 0 saturated carbocycles.